The van der Waals surface area contributed by atoms with Crippen LogP contribution in [0.1, 0.15) is 30.1 Å². The lowest BCUT2D eigenvalue weighted by Gasteiger charge is -2.31. The van der Waals surface area contributed by atoms with E-state index in [9.17, 15) is 9.59 Å². The highest BCUT2D eigenvalue weighted by molar-refractivity contribution is 5.97. The average Bonchev–Trinajstić information content (AvgIpc) is 2.69. The molecular formula is C21H24N2O3. The maximum absolute atomic E-state index is 12.8. The van der Waals surface area contributed by atoms with Crippen molar-refractivity contribution in [3.63, 3.8) is 0 Å². The summed E-state index contributed by atoms with van der Waals surface area (Å²) in [6, 6.07) is 16.8. The number of ether oxygens (including phenoxy) is 1. The fourth-order valence-corrected chi connectivity index (χ4v) is 3.21. The highest BCUT2D eigenvalue weighted by atomic mass is 16.5. The molecule has 26 heavy (non-hydrogen) atoms. The highest BCUT2D eigenvalue weighted by Crippen LogP contribution is 2.24. The molecule has 0 bridgehead atoms. The second-order valence-electron chi connectivity index (χ2n) is 6.35. The molecule has 5 heteroatoms. The Balaban J connectivity index is 1.58. The van der Waals surface area contributed by atoms with E-state index >= 15 is 0 Å². The van der Waals surface area contributed by atoms with Crippen molar-refractivity contribution in [2.45, 2.75) is 19.8 Å². The van der Waals surface area contributed by atoms with Crippen LogP contribution in [0.4, 0.5) is 5.69 Å². The van der Waals surface area contributed by atoms with Gasteiger partial charge in [-0.2, -0.15) is 0 Å². The van der Waals surface area contributed by atoms with Crippen LogP contribution < -0.4 is 10.1 Å². The van der Waals surface area contributed by atoms with Gasteiger partial charge in [0.2, 0.25) is 5.91 Å². The third kappa shape index (κ3) is 4.23. The zero-order valence-corrected chi connectivity index (χ0v) is 15.0. The van der Waals surface area contributed by atoms with Crippen LogP contribution in [0.2, 0.25) is 0 Å². The minimum Gasteiger partial charge on any atom is -0.493 e. The Morgan fingerprint density at radius 1 is 1.04 bits per heavy atom. The molecule has 0 unspecified atom stereocenters. The molecule has 2 aromatic rings. The van der Waals surface area contributed by atoms with Crippen LogP contribution in [0, 0.1) is 5.92 Å². The zero-order chi connectivity index (χ0) is 18.4. The van der Waals surface area contributed by atoms with Gasteiger partial charge in [-0.3, -0.25) is 9.59 Å². The minimum absolute atomic E-state index is 0.0259. The van der Waals surface area contributed by atoms with Crippen molar-refractivity contribution in [1.82, 2.24) is 4.90 Å². The van der Waals surface area contributed by atoms with Gasteiger partial charge < -0.3 is 15.0 Å². The van der Waals surface area contributed by atoms with Gasteiger partial charge in [0.25, 0.3) is 5.91 Å². The van der Waals surface area contributed by atoms with Gasteiger partial charge in [-0.25, -0.2) is 0 Å². The molecule has 5 nitrogen and oxygen atoms in total. The van der Waals surface area contributed by atoms with Gasteiger partial charge in [0.05, 0.1) is 12.2 Å². The Kier molecular flexibility index (Phi) is 5.89. The Labute approximate surface area is 154 Å². The number of amides is 2. The predicted octanol–water partition coefficient (Wildman–Crippen LogP) is 3.58. The van der Waals surface area contributed by atoms with E-state index in [2.05, 4.69) is 5.32 Å². The molecule has 2 amide bonds. The lowest BCUT2D eigenvalue weighted by atomic mass is 9.95. The molecule has 1 aliphatic heterocycles. The van der Waals surface area contributed by atoms with Crippen LogP contribution >= 0.6 is 0 Å². The number of rotatable bonds is 5. The monoisotopic (exact) mass is 352 g/mol. The first-order valence-corrected chi connectivity index (χ1v) is 9.06. The summed E-state index contributed by atoms with van der Waals surface area (Å²) in [5.41, 5.74) is 1.39. The van der Waals surface area contributed by atoms with Gasteiger partial charge in [-0.15, -0.1) is 0 Å². The topological polar surface area (TPSA) is 58.6 Å². The van der Waals surface area contributed by atoms with Gasteiger partial charge in [0, 0.05) is 24.7 Å². The first-order valence-electron chi connectivity index (χ1n) is 9.06. The number of carbonyl (C=O) groups excluding carboxylic acids is 2. The molecule has 1 saturated heterocycles. The summed E-state index contributed by atoms with van der Waals surface area (Å²) < 4.78 is 5.56. The summed E-state index contributed by atoms with van der Waals surface area (Å²) in [7, 11) is 0. The zero-order valence-electron chi connectivity index (χ0n) is 15.0. The van der Waals surface area contributed by atoms with Crippen LogP contribution in [-0.2, 0) is 4.79 Å². The van der Waals surface area contributed by atoms with E-state index in [1.165, 1.54) is 0 Å². The first kappa shape index (κ1) is 18.0. The number of likely N-dealkylation sites (tertiary alicyclic amines) is 1. The number of carbonyl (C=O) groups is 2. The van der Waals surface area contributed by atoms with Crippen LogP contribution in [0.3, 0.4) is 0 Å². The van der Waals surface area contributed by atoms with Crippen LogP contribution in [0.25, 0.3) is 0 Å². The smallest absolute Gasteiger partial charge is 0.257 e. The van der Waals surface area contributed by atoms with Gasteiger partial charge in [0.1, 0.15) is 5.75 Å². The minimum atomic E-state index is -0.0682. The van der Waals surface area contributed by atoms with E-state index in [0.717, 1.165) is 5.69 Å². The number of nitrogens with zero attached hydrogens (tertiary/aromatic N) is 1. The molecule has 1 aliphatic rings. The van der Waals surface area contributed by atoms with E-state index < -0.39 is 0 Å². The molecule has 1 N–H and O–H groups in total. The SMILES string of the molecule is CCOc1ccccc1C(=O)N1CCC(C(=O)Nc2ccccc2)CC1. The van der Waals surface area contributed by atoms with E-state index in [4.69, 9.17) is 4.74 Å². The van der Waals surface area contributed by atoms with Gasteiger partial charge in [0.15, 0.2) is 0 Å². The van der Waals surface area contributed by atoms with Crippen molar-refractivity contribution in [2.24, 2.45) is 5.92 Å². The van der Waals surface area contributed by atoms with Crippen molar-refractivity contribution in [1.29, 1.82) is 0 Å². The molecule has 1 fully saturated rings. The van der Waals surface area contributed by atoms with Crippen LogP contribution in [0.15, 0.2) is 54.6 Å². The number of benzene rings is 2. The molecule has 0 aromatic heterocycles. The van der Waals surface area contributed by atoms with Crippen molar-refractivity contribution in [2.75, 3.05) is 25.0 Å². The maximum atomic E-state index is 12.8. The van der Waals surface area contributed by atoms with Gasteiger partial charge >= 0.3 is 0 Å². The molecule has 0 aliphatic carbocycles. The van der Waals surface area contributed by atoms with E-state index in [1.807, 2.05) is 60.4 Å². The number of nitrogens with one attached hydrogen (secondary N) is 1. The van der Waals surface area contributed by atoms with Gasteiger partial charge in [-0.05, 0) is 44.0 Å². The summed E-state index contributed by atoms with van der Waals surface area (Å²) in [5.74, 6) is 0.541. The summed E-state index contributed by atoms with van der Waals surface area (Å²) in [4.78, 5) is 27.0. The van der Waals surface area contributed by atoms with Crippen LogP contribution in [0.5, 0.6) is 5.75 Å². The molecule has 1 heterocycles. The van der Waals surface area contributed by atoms with Crippen molar-refractivity contribution < 1.29 is 14.3 Å². The molecule has 0 spiro atoms. The first-order chi connectivity index (χ1) is 12.7. The lowest BCUT2D eigenvalue weighted by Crippen LogP contribution is -2.41. The summed E-state index contributed by atoms with van der Waals surface area (Å²) in [6.07, 6.45) is 1.34. The number of piperidine rings is 1. The van der Waals surface area contributed by atoms with Crippen molar-refractivity contribution >= 4 is 17.5 Å². The predicted molar refractivity (Wildman–Crippen MR) is 101 cm³/mol. The third-order valence-electron chi connectivity index (χ3n) is 4.61. The fraction of sp³-hybridized carbons (Fsp3) is 0.333. The van der Waals surface area contributed by atoms with E-state index in [1.54, 1.807) is 6.07 Å². The standard InChI is InChI=1S/C21H24N2O3/c1-2-26-19-11-7-6-10-18(19)21(25)23-14-12-16(13-15-23)20(24)22-17-8-4-3-5-9-17/h3-11,16H,2,12-15H2,1H3,(H,22,24). The number of hydrogen-bond donors (Lipinski definition) is 1. The van der Waals surface area contributed by atoms with Gasteiger partial charge in [-0.1, -0.05) is 30.3 Å². The third-order valence-corrected chi connectivity index (χ3v) is 4.61. The number of anilines is 1. The largest absolute Gasteiger partial charge is 0.493 e. The number of para-hydroxylation sites is 2. The summed E-state index contributed by atoms with van der Waals surface area (Å²) in [6.45, 7) is 3.57. The Hall–Kier alpha value is -2.82. The van der Waals surface area contributed by atoms with Crippen molar-refractivity contribution in [3.05, 3.63) is 60.2 Å². The average molecular weight is 352 g/mol. The molecule has 2 aromatic carbocycles. The normalized spacial score (nSPS) is 14.7. The second-order valence-corrected chi connectivity index (χ2v) is 6.35. The second kappa shape index (κ2) is 8.52. The van der Waals surface area contributed by atoms with Crippen LogP contribution in [-0.4, -0.2) is 36.4 Å². The Morgan fingerprint density at radius 2 is 1.69 bits per heavy atom. The maximum Gasteiger partial charge on any atom is 0.257 e. The molecular weight excluding hydrogens is 328 g/mol. The molecule has 136 valence electrons. The Bertz CT molecular complexity index is 753. The fourth-order valence-electron chi connectivity index (χ4n) is 3.21. The number of hydrogen-bond acceptors (Lipinski definition) is 3. The van der Waals surface area contributed by atoms with Crippen molar-refractivity contribution in [3.8, 4) is 5.75 Å². The summed E-state index contributed by atoms with van der Waals surface area (Å²) in [5, 5.41) is 2.95. The molecule has 0 radical (unpaired) electrons. The molecule has 0 saturated carbocycles. The van der Waals surface area contributed by atoms with E-state index in [0.29, 0.717) is 43.9 Å². The molecule has 0 atom stereocenters. The quantitative estimate of drug-likeness (QED) is 0.895. The Morgan fingerprint density at radius 3 is 2.38 bits per heavy atom. The highest BCUT2D eigenvalue weighted by Gasteiger charge is 2.28. The lowest BCUT2D eigenvalue weighted by molar-refractivity contribution is -0.121. The summed E-state index contributed by atoms with van der Waals surface area (Å²) >= 11 is 0. The molecule has 3 rings (SSSR count). The van der Waals surface area contributed by atoms with E-state index in [-0.39, 0.29) is 17.7 Å².